The first-order valence-corrected chi connectivity index (χ1v) is 10.8. The van der Waals surface area contributed by atoms with Gasteiger partial charge < -0.3 is 20.3 Å². The fraction of sp³-hybridized carbons (Fsp3) is 0.391. The van der Waals surface area contributed by atoms with E-state index in [4.69, 9.17) is 4.74 Å². The summed E-state index contributed by atoms with van der Waals surface area (Å²) in [5.74, 6) is -0.0623. The smallest absolute Gasteiger partial charge is 0.238 e. The number of ether oxygens (including phenoxy) is 1. The van der Waals surface area contributed by atoms with Crippen molar-refractivity contribution >= 4 is 33.4 Å². The molecule has 0 aromatic heterocycles. The van der Waals surface area contributed by atoms with Crippen molar-refractivity contribution in [2.75, 3.05) is 39.2 Å². The van der Waals surface area contributed by atoms with Crippen molar-refractivity contribution in [2.24, 2.45) is 0 Å². The van der Waals surface area contributed by atoms with Crippen LogP contribution in [0.15, 0.2) is 53.0 Å². The molecule has 1 heterocycles. The Bertz CT molecular complexity index is 878. The molecule has 0 bridgehead atoms. The third-order valence-corrected chi connectivity index (χ3v) is 5.83. The predicted octanol–water partition coefficient (Wildman–Crippen LogP) is 3.31. The second-order valence-electron chi connectivity index (χ2n) is 7.87. The Hall–Kier alpha value is -2.22. The number of nitrogens with zero attached hydrogens (tertiary/aromatic N) is 1. The van der Waals surface area contributed by atoms with Crippen LogP contribution in [0.4, 0.5) is 5.69 Å². The summed E-state index contributed by atoms with van der Waals surface area (Å²) in [4.78, 5) is 27.1. The van der Waals surface area contributed by atoms with Gasteiger partial charge in [-0.25, -0.2) is 0 Å². The minimum Gasteiger partial charge on any atom is -0.381 e. The van der Waals surface area contributed by atoms with Gasteiger partial charge in [0.15, 0.2) is 0 Å². The number of hydrogen-bond donors (Lipinski definition) is 2. The molecule has 0 unspecified atom stereocenters. The van der Waals surface area contributed by atoms with E-state index in [0.29, 0.717) is 39.1 Å². The Morgan fingerprint density at radius 3 is 2.47 bits per heavy atom. The highest BCUT2D eigenvalue weighted by Gasteiger charge is 2.41. The molecule has 0 spiro atoms. The fourth-order valence-electron chi connectivity index (χ4n) is 3.73. The maximum Gasteiger partial charge on any atom is 0.238 e. The van der Waals surface area contributed by atoms with Gasteiger partial charge in [-0.2, -0.15) is 0 Å². The average molecular weight is 474 g/mol. The summed E-state index contributed by atoms with van der Waals surface area (Å²) in [6.45, 7) is 1.85. The van der Waals surface area contributed by atoms with Crippen LogP contribution in [-0.4, -0.2) is 50.6 Å². The van der Waals surface area contributed by atoms with E-state index in [9.17, 15) is 9.59 Å². The third kappa shape index (κ3) is 5.68. The molecule has 1 fully saturated rings. The van der Waals surface area contributed by atoms with E-state index in [1.807, 2.05) is 67.5 Å². The van der Waals surface area contributed by atoms with Gasteiger partial charge >= 0.3 is 0 Å². The number of anilines is 1. The van der Waals surface area contributed by atoms with Gasteiger partial charge in [-0.05, 0) is 62.3 Å². The Morgan fingerprint density at radius 1 is 1.10 bits per heavy atom. The molecule has 0 saturated carbocycles. The number of hydrogen-bond acceptors (Lipinski definition) is 4. The van der Waals surface area contributed by atoms with Crippen molar-refractivity contribution < 1.29 is 14.3 Å². The Kier molecular flexibility index (Phi) is 7.64. The lowest BCUT2D eigenvalue weighted by molar-refractivity contribution is -0.130. The van der Waals surface area contributed by atoms with Crippen molar-refractivity contribution in [3.63, 3.8) is 0 Å². The zero-order valence-corrected chi connectivity index (χ0v) is 19.0. The molecule has 2 amide bonds. The molecule has 1 saturated heterocycles. The van der Waals surface area contributed by atoms with Crippen molar-refractivity contribution in [3.8, 4) is 0 Å². The lowest BCUT2D eigenvalue weighted by atomic mass is 9.73. The molecule has 1 aliphatic rings. The van der Waals surface area contributed by atoms with Gasteiger partial charge in [0.1, 0.15) is 0 Å². The molecule has 0 aliphatic carbocycles. The summed E-state index contributed by atoms with van der Waals surface area (Å²) >= 11 is 3.46. The number of carbonyl (C=O) groups excluding carboxylic acids is 2. The van der Waals surface area contributed by atoms with Gasteiger partial charge in [0, 0.05) is 29.9 Å². The summed E-state index contributed by atoms with van der Waals surface area (Å²) in [5, 5.41) is 6.00. The number of halogens is 1. The Labute approximate surface area is 186 Å². The monoisotopic (exact) mass is 473 g/mol. The number of benzene rings is 2. The summed E-state index contributed by atoms with van der Waals surface area (Å²) in [6, 6.07) is 15.5. The first-order valence-electron chi connectivity index (χ1n) is 10.0. The van der Waals surface area contributed by atoms with Gasteiger partial charge in [-0.15, -0.1) is 0 Å². The van der Waals surface area contributed by atoms with Crippen LogP contribution < -0.4 is 10.6 Å². The molecule has 3 rings (SSSR count). The molecule has 6 nitrogen and oxygen atoms in total. The topological polar surface area (TPSA) is 70.7 Å². The molecule has 160 valence electrons. The fourth-order valence-corrected chi connectivity index (χ4v) is 4.00. The van der Waals surface area contributed by atoms with Gasteiger partial charge in [0.05, 0.1) is 12.0 Å². The minimum absolute atomic E-state index is 0.00942. The highest BCUT2D eigenvalue weighted by molar-refractivity contribution is 9.10. The van der Waals surface area contributed by atoms with E-state index in [0.717, 1.165) is 21.3 Å². The SMILES string of the molecule is CN(C)CC(=O)Nc1cccc(CNC(=O)C2(c3ccc(Br)cc3)CCOCC2)c1. The maximum atomic E-state index is 13.3. The Balaban J connectivity index is 1.69. The molecular weight excluding hydrogens is 446 g/mol. The molecule has 7 heteroatoms. The second kappa shape index (κ2) is 10.2. The number of amides is 2. The van der Waals surface area contributed by atoms with E-state index in [-0.39, 0.29) is 11.8 Å². The number of nitrogens with one attached hydrogen (secondary N) is 2. The predicted molar refractivity (Wildman–Crippen MR) is 121 cm³/mol. The minimum atomic E-state index is -0.587. The highest BCUT2D eigenvalue weighted by Crippen LogP contribution is 2.36. The summed E-state index contributed by atoms with van der Waals surface area (Å²) in [7, 11) is 3.70. The first kappa shape index (κ1) is 22.5. The van der Waals surface area contributed by atoms with E-state index >= 15 is 0 Å². The van der Waals surface area contributed by atoms with Gasteiger partial charge in [-0.1, -0.05) is 40.2 Å². The standard InChI is InChI=1S/C23H28BrN3O3/c1-27(2)16-21(28)26-20-5-3-4-17(14-20)15-25-22(29)23(10-12-30-13-11-23)18-6-8-19(24)9-7-18/h3-9,14H,10-13,15-16H2,1-2H3,(H,25,29)(H,26,28). The van der Waals surface area contributed by atoms with Gasteiger partial charge in [0.25, 0.3) is 0 Å². The molecule has 30 heavy (non-hydrogen) atoms. The third-order valence-electron chi connectivity index (χ3n) is 5.30. The van der Waals surface area contributed by atoms with Crippen molar-refractivity contribution in [3.05, 3.63) is 64.1 Å². The lowest BCUT2D eigenvalue weighted by Crippen LogP contribution is -2.47. The highest BCUT2D eigenvalue weighted by atomic mass is 79.9. The zero-order chi connectivity index (χ0) is 21.6. The van der Waals surface area contributed by atoms with Crippen LogP contribution in [-0.2, 0) is 26.3 Å². The van der Waals surface area contributed by atoms with Gasteiger partial charge in [-0.3, -0.25) is 9.59 Å². The molecule has 2 aromatic carbocycles. The van der Waals surface area contributed by atoms with E-state index in [2.05, 4.69) is 26.6 Å². The first-order chi connectivity index (χ1) is 14.4. The average Bonchev–Trinajstić information content (AvgIpc) is 2.72. The zero-order valence-electron chi connectivity index (χ0n) is 17.4. The molecule has 0 radical (unpaired) electrons. The lowest BCUT2D eigenvalue weighted by Gasteiger charge is -2.36. The van der Waals surface area contributed by atoms with Crippen LogP contribution in [0.2, 0.25) is 0 Å². The largest absolute Gasteiger partial charge is 0.381 e. The van der Waals surface area contributed by atoms with Crippen LogP contribution in [0.5, 0.6) is 0 Å². The number of rotatable bonds is 7. The van der Waals surface area contributed by atoms with Crippen LogP contribution in [0.25, 0.3) is 0 Å². The second-order valence-corrected chi connectivity index (χ2v) is 8.79. The number of likely N-dealkylation sites (N-methyl/N-ethyl adjacent to an activating group) is 1. The molecule has 2 N–H and O–H groups in total. The Morgan fingerprint density at radius 2 is 1.80 bits per heavy atom. The van der Waals surface area contributed by atoms with E-state index in [1.165, 1.54) is 0 Å². The molecule has 0 atom stereocenters. The summed E-state index contributed by atoms with van der Waals surface area (Å²) in [5.41, 5.74) is 2.08. The number of carbonyl (C=O) groups is 2. The summed E-state index contributed by atoms with van der Waals surface area (Å²) in [6.07, 6.45) is 1.31. The van der Waals surface area contributed by atoms with Crippen LogP contribution in [0.3, 0.4) is 0 Å². The molecule has 1 aliphatic heterocycles. The van der Waals surface area contributed by atoms with Crippen molar-refractivity contribution in [1.29, 1.82) is 0 Å². The quantitative estimate of drug-likeness (QED) is 0.646. The normalized spacial score (nSPS) is 15.6. The van der Waals surface area contributed by atoms with Crippen LogP contribution >= 0.6 is 15.9 Å². The van der Waals surface area contributed by atoms with Crippen LogP contribution in [0, 0.1) is 0 Å². The van der Waals surface area contributed by atoms with Crippen LogP contribution in [0.1, 0.15) is 24.0 Å². The molecular formula is C23H28BrN3O3. The van der Waals surface area contributed by atoms with Crippen molar-refractivity contribution in [1.82, 2.24) is 10.2 Å². The van der Waals surface area contributed by atoms with E-state index < -0.39 is 5.41 Å². The van der Waals surface area contributed by atoms with Gasteiger partial charge in [0.2, 0.25) is 11.8 Å². The van der Waals surface area contributed by atoms with Crippen molar-refractivity contribution in [2.45, 2.75) is 24.8 Å². The molecule has 2 aromatic rings. The maximum absolute atomic E-state index is 13.3. The summed E-state index contributed by atoms with van der Waals surface area (Å²) < 4.78 is 6.52. The van der Waals surface area contributed by atoms with E-state index in [1.54, 1.807) is 0 Å².